The zero-order valence-corrected chi connectivity index (χ0v) is 13.4. The van der Waals surface area contributed by atoms with Gasteiger partial charge in [0.2, 0.25) is 0 Å². The monoisotopic (exact) mass is 345 g/mol. The van der Waals surface area contributed by atoms with Crippen LogP contribution in [0.3, 0.4) is 0 Å². The van der Waals surface area contributed by atoms with Gasteiger partial charge in [-0.1, -0.05) is 25.4 Å². The van der Waals surface area contributed by atoms with E-state index < -0.39 is 0 Å². The van der Waals surface area contributed by atoms with Crippen LogP contribution in [0.5, 0.6) is 0 Å². The highest BCUT2D eigenvalue weighted by Crippen LogP contribution is 2.29. The number of hydrogen-bond acceptors (Lipinski definition) is 3. The van der Waals surface area contributed by atoms with Gasteiger partial charge in [0.1, 0.15) is 5.15 Å². The van der Waals surface area contributed by atoms with Gasteiger partial charge in [-0.25, -0.2) is 9.50 Å². The molecule has 0 amide bonds. The van der Waals surface area contributed by atoms with Gasteiger partial charge in [-0.05, 0) is 34.8 Å². The lowest BCUT2D eigenvalue weighted by Gasteiger charge is -2.21. The van der Waals surface area contributed by atoms with Gasteiger partial charge in [0.05, 0.1) is 10.7 Å². The maximum absolute atomic E-state index is 6.20. The van der Waals surface area contributed by atoms with E-state index >= 15 is 0 Å². The minimum absolute atomic E-state index is 0.438. The first-order valence-electron chi connectivity index (χ1n) is 6.53. The van der Waals surface area contributed by atoms with Crippen LogP contribution < -0.4 is 0 Å². The average Bonchev–Trinajstić information content (AvgIpc) is 2.84. The molecule has 2 aromatic heterocycles. The highest BCUT2D eigenvalue weighted by Gasteiger charge is 2.19. The van der Waals surface area contributed by atoms with Crippen molar-refractivity contribution in [1.29, 1.82) is 0 Å². The third-order valence-electron chi connectivity index (χ3n) is 3.04. The predicted octanol–water partition coefficient (Wildman–Crippen LogP) is 4.07. The maximum Gasteiger partial charge on any atom is 0.171 e. The Morgan fingerprint density at radius 1 is 1.37 bits per heavy atom. The number of rotatable bonds is 1. The van der Waals surface area contributed by atoms with Crippen LogP contribution in [0.2, 0.25) is 5.15 Å². The summed E-state index contributed by atoms with van der Waals surface area (Å²) in [4.78, 5) is 4.63. The van der Waals surface area contributed by atoms with Gasteiger partial charge >= 0.3 is 0 Å². The van der Waals surface area contributed by atoms with Crippen molar-refractivity contribution in [3.63, 3.8) is 0 Å². The number of nitrogens with zero attached hydrogens (tertiary/aromatic N) is 3. The molecule has 0 aromatic carbocycles. The molecule has 1 fully saturated rings. The molecule has 2 aromatic rings. The highest BCUT2D eigenvalue weighted by atomic mass is 79.9. The molecular formula is C13H17BrClN3O. The van der Waals surface area contributed by atoms with Crippen LogP contribution in [0.4, 0.5) is 0 Å². The van der Waals surface area contributed by atoms with Gasteiger partial charge in [0.25, 0.3) is 0 Å². The lowest BCUT2D eigenvalue weighted by atomic mass is 9.96. The quantitative estimate of drug-likeness (QED) is 0.731. The molecule has 4 nitrogen and oxygen atoms in total. The Bertz CT molecular complexity index is 552. The van der Waals surface area contributed by atoms with Crippen molar-refractivity contribution in [3.05, 3.63) is 27.6 Å². The summed E-state index contributed by atoms with van der Waals surface area (Å²) in [5.74, 6) is 0.438. The molecule has 0 aliphatic carbocycles. The lowest BCUT2D eigenvalue weighted by molar-refractivity contribution is 0.0845. The van der Waals surface area contributed by atoms with Crippen molar-refractivity contribution in [2.24, 2.45) is 0 Å². The van der Waals surface area contributed by atoms with Crippen LogP contribution in [-0.2, 0) is 4.74 Å². The van der Waals surface area contributed by atoms with Crippen molar-refractivity contribution in [3.8, 4) is 0 Å². The number of hydrogen-bond donors (Lipinski definition) is 0. The van der Waals surface area contributed by atoms with Crippen molar-refractivity contribution in [2.45, 2.75) is 32.6 Å². The van der Waals surface area contributed by atoms with Crippen LogP contribution >= 0.6 is 27.5 Å². The van der Waals surface area contributed by atoms with E-state index in [2.05, 4.69) is 26.0 Å². The van der Waals surface area contributed by atoms with Gasteiger partial charge in [-0.3, -0.25) is 0 Å². The van der Waals surface area contributed by atoms with Crippen LogP contribution in [0, 0.1) is 0 Å². The zero-order chi connectivity index (χ0) is 13.8. The fraction of sp³-hybridized carbons (Fsp3) is 0.538. The van der Waals surface area contributed by atoms with Crippen LogP contribution in [0.25, 0.3) is 5.65 Å². The summed E-state index contributed by atoms with van der Waals surface area (Å²) in [6.45, 7) is 5.60. The van der Waals surface area contributed by atoms with E-state index in [0.717, 1.165) is 41.9 Å². The SMILES string of the molecule is CC.Clc1cc(C2CCOCC2)nc2c(Br)cnn12. The Morgan fingerprint density at radius 2 is 2.05 bits per heavy atom. The third-order valence-corrected chi connectivity index (χ3v) is 3.87. The Hall–Kier alpha value is -0.650. The molecule has 0 radical (unpaired) electrons. The van der Waals surface area contributed by atoms with Crippen molar-refractivity contribution in [1.82, 2.24) is 14.6 Å². The highest BCUT2D eigenvalue weighted by molar-refractivity contribution is 9.10. The third kappa shape index (κ3) is 3.09. The normalized spacial score (nSPS) is 16.2. The molecule has 1 aliphatic heterocycles. The van der Waals surface area contributed by atoms with E-state index in [4.69, 9.17) is 16.3 Å². The Morgan fingerprint density at radius 3 is 2.74 bits per heavy atom. The number of fused-ring (bicyclic) bond motifs is 1. The molecule has 3 rings (SSSR count). The summed E-state index contributed by atoms with van der Waals surface area (Å²) in [6, 6.07) is 1.91. The van der Waals surface area contributed by atoms with Gasteiger partial charge in [-0.15, -0.1) is 0 Å². The molecule has 0 spiro atoms. The predicted molar refractivity (Wildman–Crippen MR) is 79.8 cm³/mol. The fourth-order valence-electron chi connectivity index (χ4n) is 2.12. The topological polar surface area (TPSA) is 39.4 Å². The first kappa shape index (κ1) is 14.8. The first-order chi connectivity index (χ1) is 9.25. The molecule has 0 unspecified atom stereocenters. The molecule has 0 N–H and O–H groups in total. The zero-order valence-electron chi connectivity index (χ0n) is 11.1. The Balaban J connectivity index is 0.000000637. The van der Waals surface area contributed by atoms with E-state index in [1.54, 1.807) is 10.7 Å². The van der Waals surface area contributed by atoms with Crippen LogP contribution in [0.15, 0.2) is 16.7 Å². The number of ether oxygens (including phenoxy) is 1. The molecule has 0 saturated carbocycles. The summed E-state index contributed by atoms with van der Waals surface area (Å²) >= 11 is 9.63. The van der Waals surface area contributed by atoms with Gasteiger partial charge in [-0.2, -0.15) is 5.10 Å². The first-order valence-corrected chi connectivity index (χ1v) is 7.70. The van der Waals surface area contributed by atoms with Crippen LogP contribution in [-0.4, -0.2) is 27.8 Å². The summed E-state index contributed by atoms with van der Waals surface area (Å²) in [6.07, 6.45) is 3.72. The minimum Gasteiger partial charge on any atom is -0.381 e. The largest absolute Gasteiger partial charge is 0.381 e. The Kier molecular flexibility index (Phi) is 5.19. The van der Waals surface area contributed by atoms with Gasteiger partial charge in [0, 0.05) is 24.8 Å². The molecule has 104 valence electrons. The van der Waals surface area contributed by atoms with Crippen molar-refractivity contribution >= 4 is 33.2 Å². The second-order valence-corrected chi connectivity index (χ2v) is 5.36. The molecular weight excluding hydrogens is 330 g/mol. The minimum atomic E-state index is 0.438. The molecule has 19 heavy (non-hydrogen) atoms. The molecule has 1 saturated heterocycles. The summed E-state index contributed by atoms with van der Waals surface area (Å²) in [5, 5.41) is 4.75. The summed E-state index contributed by atoms with van der Waals surface area (Å²) in [5.41, 5.74) is 1.81. The van der Waals surface area contributed by atoms with Gasteiger partial charge < -0.3 is 4.74 Å². The molecule has 0 atom stereocenters. The smallest absolute Gasteiger partial charge is 0.171 e. The van der Waals surface area contributed by atoms with E-state index in [-0.39, 0.29) is 0 Å². The van der Waals surface area contributed by atoms with Crippen molar-refractivity contribution in [2.75, 3.05) is 13.2 Å². The van der Waals surface area contributed by atoms with Crippen molar-refractivity contribution < 1.29 is 4.74 Å². The molecule has 0 bridgehead atoms. The fourth-order valence-corrected chi connectivity index (χ4v) is 2.70. The summed E-state index contributed by atoms with van der Waals surface area (Å²) < 4.78 is 7.86. The van der Waals surface area contributed by atoms with E-state index in [1.807, 2.05) is 19.9 Å². The molecule has 1 aliphatic rings. The number of halogens is 2. The van der Waals surface area contributed by atoms with Gasteiger partial charge in [0.15, 0.2) is 5.65 Å². The standard InChI is InChI=1S/C11H11BrClN3O.C2H6/c12-8-6-14-16-10(13)5-9(15-11(8)16)7-1-3-17-4-2-7;1-2/h5-7H,1-4H2;1-2H3. The summed E-state index contributed by atoms with van der Waals surface area (Å²) in [7, 11) is 0. The second-order valence-electron chi connectivity index (χ2n) is 4.12. The maximum atomic E-state index is 6.20. The molecule has 3 heterocycles. The lowest BCUT2D eigenvalue weighted by Crippen LogP contribution is -2.15. The van der Waals surface area contributed by atoms with E-state index in [0.29, 0.717) is 11.1 Å². The second kappa shape index (κ2) is 6.68. The number of aromatic nitrogens is 3. The van der Waals surface area contributed by atoms with E-state index in [1.165, 1.54) is 0 Å². The Labute approximate surface area is 126 Å². The van der Waals surface area contributed by atoms with E-state index in [9.17, 15) is 0 Å². The average molecular weight is 347 g/mol. The molecule has 6 heteroatoms. The van der Waals surface area contributed by atoms with Crippen LogP contribution in [0.1, 0.15) is 38.3 Å².